The van der Waals surface area contributed by atoms with E-state index in [0.717, 1.165) is 22.3 Å². The van der Waals surface area contributed by atoms with Crippen molar-refractivity contribution >= 4 is 45.4 Å². The van der Waals surface area contributed by atoms with Gasteiger partial charge in [0.2, 0.25) is 0 Å². The Bertz CT molecular complexity index is 1140. The Kier molecular flexibility index (Phi) is 7.68. The molecule has 0 unspecified atom stereocenters. The van der Waals surface area contributed by atoms with Crippen LogP contribution in [0, 0.1) is 0 Å². The van der Waals surface area contributed by atoms with Crippen LogP contribution in [-0.4, -0.2) is 27.5 Å². The van der Waals surface area contributed by atoms with E-state index in [1.807, 2.05) is 84.9 Å². The summed E-state index contributed by atoms with van der Waals surface area (Å²) >= 11 is -3.70. The van der Waals surface area contributed by atoms with Gasteiger partial charge in [-0.1, -0.05) is 0 Å². The summed E-state index contributed by atoms with van der Waals surface area (Å²) in [5.41, 5.74) is 5.36. The van der Waals surface area contributed by atoms with Crippen molar-refractivity contribution in [2.75, 3.05) is 0 Å². The zero-order chi connectivity index (χ0) is 23.3. The average Bonchev–Trinajstić information content (AvgIpc) is 2.85. The fourth-order valence-corrected chi connectivity index (χ4v) is 9.65. The summed E-state index contributed by atoms with van der Waals surface area (Å²) in [4.78, 5) is 25.6. The topological polar surface area (TPSA) is 34.1 Å². The first-order valence-electron chi connectivity index (χ1n) is 10.5. The van der Waals surface area contributed by atoms with Crippen molar-refractivity contribution in [2.45, 2.75) is 8.94 Å². The molecule has 2 nitrogen and oxygen atoms in total. The first-order valence-corrected chi connectivity index (χ1v) is 19.7. The minimum absolute atomic E-state index is 0.0458. The van der Waals surface area contributed by atoms with Crippen LogP contribution in [0.25, 0.3) is 22.3 Å². The molecule has 0 saturated heterocycles. The molecule has 33 heavy (non-hydrogen) atoms. The summed E-state index contributed by atoms with van der Waals surface area (Å²) in [6.45, 7) is 0. The standard InChI is InChI=1S/C28H22Cl2O2Te/c29-33(30,19-27(31)25-15-11-23(12-16-25)21-7-3-1-4-8-21)20-28(32)26-17-13-24(14-18-26)22-9-5-2-6-10-22/h1-18H,19-20H2. The van der Waals surface area contributed by atoms with Gasteiger partial charge in [-0.3, -0.25) is 0 Å². The van der Waals surface area contributed by atoms with Crippen molar-refractivity contribution in [1.29, 1.82) is 0 Å². The third-order valence-corrected chi connectivity index (χ3v) is 12.1. The van der Waals surface area contributed by atoms with Crippen molar-refractivity contribution in [3.63, 3.8) is 0 Å². The molecule has 4 rings (SSSR count). The SMILES string of the molecule is O=C(C[Te](Cl)(Cl)CC(=O)c1ccc(-c2ccccc2)cc1)c1ccc(-c2ccccc2)cc1. The second-order valence-electron chi connectivity index (χ2n) is 7.72. The minimum atomic E-state index is -3.70. The Balaban J connectivity index is 1.39. The van der Waals surface area contributed by atoms with Crippen LogP contribution in [0.3, 0.4) is 0 Å². The second kappa shape index (κ2) is 10.7. The summed E-state index contributed by atoms with van der Waals surface area (Å²) in [5.74, 6) is -0.235. The van der Waals surface area contributed by atoms with E-state index < -0.39 is 15.9 Å². The van der Waals surface area contributed by atoms with Gasteiger partial charge in [0.15, 0.2) is 0 Å². The number of ketones is 2. The molecule has 4 aromatic rings. The van der Waals surface area contributed by atoms with E-state index in [1.54, 1.807) is 24.3 Å². The summed E-state index contributed by atoms with van der Waals surface area (Å²) < 4.78 is 0.0916. The number of Topliss-reactive ketones (excluding diaryl/α,β-unsaturated/α-hetero) is 2. The van der Waals surface area contributed by atoms with Crippen molar-refractivity contribution in [3.05, 3.63) is 120 Å². The van der Waals surface area contributed by atoms with Crippen molar-refractivity contribution in [3.8, 4) is 22.3 Å². The number of rotatable bonds is 8. The Hall–Kier alpha value is -2.41. The van der Waals surface area contributed by atoms with E-state index in [0.29, 0.717) is 11.1 Å². The summed E-state index contributed by atoms with van der Waals surface area (Å²) in [7, 11) is 13.2. The number of hydrogen-bond acceptors (Lipinski definition) is 2. The molecule has 0 radical (unpaired) electrons. The maximum absolute atomic E-state index is 12.8. The predicted molar refractivity (Wildman–Crippen MR) is 139 cm³/mol. The molecule has 0 atom stereocenters. The molecule has 0 amide bonds. The fraction of sp³-hybridized carbons (Fsp3) is 0.0714. The monoisotopic (exact) mass is 590 g/mol. The first kappa shape index (κ1) is 23.7. The Morgan fingerprint density at radius 3 is 1.12 bits per heavy atom. The van der Waals surface area contributed by atoms with Crippen molar-refractivity contribution in [1.82, 2.24) is 0 Å². The Morgan fingerprint density at radius 1 is 0.485 bits per heavy atom. The second-order valence-corrected chi connectivity index (χ2v) is 22.3. The molecule has 4 aromatic carbocycles. The Morgan fingerprint density at radius 2 is 0.788 bits per heavy atom. The molecule has 0 spiro atoms. The molecular formula is C28H22Cl2O2Te. The van der Waals surface area contributed by atoms with Gasteiger partial charge in [0.25, 0.3) is 0 Å². The molecule has 0 aromatic heterocycles. The van der Waals surface area contributed by atoms with Gasteiger partial charge in [-0.2, -0.15) is 0 Å². The molecule has 0 saturated carbocycles. The van der Waals surface area contributed by atoms with E-state index in [-0.39, 0.29) is 20.5 Å². The number of carbonyl (C=O) groups is 2. The van der Waals surface area contributed by atoms with Crippen molar-refractivity contribution < 1.29 is 9.59 Å². The van der Waals surface area contributed by atoms with Crippen LogP contribution in [0.15, 0.2) is 109 Å². The summed E-state index contributed by atoms with van der Waals surface area (Å²) in [6.07, 6.45) is 0. The zero-order valence-corrected chi connectivity index (χ0v) is 21.6. The van der Waals surface area contributed by atoms with E-state index in [9.17, 15) is 9.59 Å². The Labute approximate surface area is 205 Å². The summed E-state index contributed by atoms with van der Waals surface area (Å²) in [6, 6.07) is 34.8. The summed E-state index contributed by atoms with van der Waals surface area (Å²) in [5, 5.41) is 0. The van der Waals surface area contributed by atoms with Crippen molar-refractivity contribution in [2.24, 2.45) is 0 Å². The predicted octanol–water partition coefficient (Wildman–Crippen LogP) is 8.01. The van der Waals surface area contributed by atoms with Gasteiger partial charge in [0.1, 0.15) is 0 Å². The quantitative estimate of drug-likeness (QED) is 0.154. The normalized spacial score (nSPS) is 11.7. The van der Waals surface area contributed by atoms with Gasteiger partial charge in [0, 0.05) is 0 Å². The van der Waals surface area contributed by atoms with Gasteiger partial charge in [-0.05, 0) is 0 Å². The first-order chi connectivity index (χ1) is 15.9. The zero-order valence-electron chi connectivity index (χ0n) is 17.8. The molecule has 0 bridgehead atoms. The van der Waals surface area contributed by atoms with Gasteiger partial charge in [0.05, 0.1) is 0 Å². The molecular weight excluding hydrogens is 567 g/mol. The molecule has 166 valence electrons. The molecule has 0 aliphatic rings. The van der Waals surface area contributed by atoms with Crippen LogP contribution in [0.4, 0.5) is 0 Å². The third-order valence-electron chi connectivity index (χ3n) is 5.31. The van der Waals surface area contributed by atoms with Crippen LogP contribution in [-0.2, 0) is 0 Å². The van der Waals surface area contributed by atoms with Crippen LogP contribution in [0.1, 0.15) is 20.7 Å². The van der Waals surface area contributed by atoms with E-state index in [2.05, 4.69) is 0 Å². The molecule has 0 aliphatic carbocycles. The number of carbonyl (C=O) groups excluding carboxylic acids is 2. The number of halogens is 2. The fourth-order valence-electron chi connectivity index (χ4n) is 3.56. The van der Waals surface area contributed by atoms with E-state index in [1.165, 1.54) is 0 Å². The van der Waals surface area contributed by atoms with Gasteiger partial charge in [-0.15, -0.1) is 0 Å². The average molecular weight is 589 g/mol. The van der Waals surface area contributed by atoms with Gasteiger partial charge in [-0.25, -0.2) is 0 Å². The van der Waals surface area contributed by atoms with Crippen LogP contribution in [0.2, 0.25) is 8.94 Å². The number of benzene rings is 4. The molecule has 0 heterocycles. The molecule has 0 N–H and O–H groups in total. The number of hydrogen-bond donors (Lipinski definition) is 0. The maximum atomic E-state index is 12.8. The van der Waals surface area contributed by atoms with Crippen LogP contribution >= 0.6 is 17.9 Å². The van der Waals surface area contributed by atoms with Crippen LogP contribution in [0.5, 0.6) is 0 Å². The van der Waals surface area contributed by atoms with E-state index >= 15 is 0 Å². The molecule has 0 fully saturated rings. The molecule has 0 aliphatic heterocycles. The third kappa shape index (κ3) is 6.34. The molecule has 5 heteroatoms. The van der Waals surface area contributed by atoms with E-state index in [4.69, 9.17) is 17.9 Å². The van der Waals surface area contributed by atoms with Crippen LogP contribution < -0.4 is 0 Å². The van der Waals surface area contributed by atoms with Gasteiger partial charge >= 0.3 is 207 Å². The van der Waals surface area contributed by atoms with Gasteiger partial charge < -0.3 is 0 Å².